The van der Waals surface area contributed by atoms with Crippen molar-refractivity contribution in [1.29, 1.82) is 0 Å². The first-order valence-corrected chi connectivity index (χ1v) is 6.58. The van der Waals surface area contributed by atoms with E-state index < -0.39 is 0 Å². The van der Waals surface area contributed by atoms with E-state index in [-0.39, 0.29) is 17.9 Å². The molecule has 0 bridgehead atoms. The summed E-state index contributed by atoms with van der Waals surface area (Å²) in [5.74, 6) is 2.08. The fraction of sp³-hybridized carbons (Fsp3) is 0.643. The average Bonchev–Trinajstić information content (AvgIpc) is 2.97. The molecule has 4 nitrogen and oxygen atoms in total. The number of nitrogens with one attached hydrogen (secondary N) is 1. The fourth-order valence-electron chi connectivity index (χ4n) is 2.15. The van der Waals surface area contributed by atoms with Gasteiger partial charge in [0, 0.05) is 19.1 Å². The molecule has 1 aromatic rings. The lowest BCUT2D eigenvalue weighted by atomic mass is 10.1. The van der Waals surface area contributed by atoms with Crippen LogP contribution in [0.3, 0.4) is 0 Å². The summed E-state index contributed by atoms with van der Waals surface area (Å²) in [5.41, 5.74) is 0. The number of amides is 1. The van der Waals surface area contributed by atoms with E-state index in [2.05, 4.69) is 5.32 Å². The molecule has 0 aliphatic carbocycles. The molecule has 4 heteroatoms. The van der Waals surface area contributed by atoms with Crippen LogP contribution in [-0.4, -0.2) is 25.2 Å². The van der Waals surface area contributed by atoms with Crippen LogP contribution < -0.4 is 5.32 Å². The molecule has 1 aliphatic heterocycles. The van der Waals surface area contributed by atoms with Crippen molar-refractivity contribution < 1.29 is 13.9 Å². The molecule has 2 unspecified atom stereocenters. The molecule has 1 aromatic heterocycles. The maximum absolute atomic E-state index is 11.9. The summed E-state index contributed by atoms with van der Waals surface area (Å²) >= 11 is 0. The number of hydrogen-bond acceptors (Lipinski definition) is 3. The van der Waals surface area contributed by atoms with Crippen molar-refractivity contribution in [3.8, 4) is 0 Å². The number of ether oxygens (including phenoxy) is 1. The number of furan rings is 1. The standard InChI is InChI=1S/C14H21NO3/c1-10(3-5-13-6-4-11(2)18-13)15-14(16)12-7-8-17-9-12/h4,6,10,12H,3,5,7-9H2,1-2H3,(H,15,16). The Morgan fingerprint density at radius 1 is 1.56 bits per heavy atom. The molecule has 1 saturated heterocycles. The van der Waals surface area contributed by atoms with Crippen LogP contribution in [0.15, 0.2) is 16.5 Å². The van der Waals surface area contributed by atoms with Gasteiger partial charge in [0.25, 0.3) is 0 Å². The molecule has 1 amide bonds. The van der Waals surface area contributed by atoms with E-state index >= 15 is 0 Å². The highest BCUT2D eigenvalue weighted by Gasteiger charge is 2.24. The molecule has 0 aromatic carbocycles. The van der Waals surface area contributed by atoms with Gasteiger partial charge in [0.05, 0.1) is 12.5 Å². The lowest BCUT2D eigenvalue weighted by Gasteiger charge is -2.15. The van der Waals surface area contributed by atoms with Gasteiger partial charge in [-0.15, -0.1) is 0 Å². The van der Waals surface area contributed by atoms with Crippen molar-refractivity contribution in [3.63, 3.8) is 0 Å². The van der Waals surface area contributed by atoms with E-state index in [0.717, 1.165) is 30.8 Å². The Labute approximate surface area is 108 Å². The molecule has 2 atom stereocenters. The average molecular weight is 251 g/mol. The molecular weight excluding hydrogens is 230 g/mol. The van der Waals surface area contributed by atoms with Crippen LogP contribution in [0.4, 0.5) is 0 Å². The normalized spacial score (nSPS) is 20.9. The van der Waals surface area contributed by atoms with Gasteiger partial charge in [-0.1, -0.05) is 0 Å². The summed E-state index contributed by atoms with van der Waals surface area (Å²) in [5, 5.41) is 3.04. The van der Waals surface area contributed by atoms with Crippen LogP contribution in [0.2, 0.25) is 0 Å². The van der Waals surface area contributed by atoms with Crippen molar-refractivity contribution in [2.45, 2.75) is 39.2 Å². The zero-order valence-corrected chi connectivity index (χ0v) is 11.1. The molecule has 2 heterocycles. The number of aryl methyl sites for hydroxylation is 2. The minimum atomic E-state index is 0.0401. The van der Waals surface area contributed by atoms with Gasteiger partial charge >= 0.3 is 0 Å². The maximum Gasteiger partial charge on any atom is 0.225 e. The third-order valence-electron chi connectivity index (χ3n) is 3.31. The first-order chi connectivity index (χ1) is 8.65. The first-order valence-electron chi connectivity index (χ1n) is 6.58. The minimum absolute atomic E-state index is 0.0401. The second kappa shape index (κ2) is 6.05. The SMILES string of the molecule is Cc1ccc(CCC(C)NC(=O)C2CCOC2)o1. The largest absolute Gasteiger partial charge is 0.466 e. The lowest BCUT2D eigenvalue weighted by Crippen LogP contribution is -2.37. The van der Waals surface area contributed by atoms with Gasteiger partial charge in [0.15, 0.2) is 0 Å². The number of hydrogen-bond donors (Lipinski definition) is 1. The molecule has 1 N–H and O–H groups in total. The Morgan fingerprint density at radius 3 is 3.00 bits per heavy atom. The van der Waals surface area contributed by atoms with Crippen molar-refractivity contribution >= 4 is 5.91 Å². The van der Waals surface area contributed by atoms with Crippen LogP contribution >= 0.6 is 0 Å². The number of carbonyl (C=O) groups excluding carboxylic acids is 1. The predicted molar refractivity (Wildman–Crippen MR) is 68.3 cm³/mol. The van der Waals surface area contributed by atoms with E-state index in [1.807, 2.05) is 26.0 Å². The summed E-state index contributed by atoms with van der Waals surface area (Å²) in [6.07, 6.45) is 2.60. The van der Waals surface area contributed by atoms with Gasteiger partial charge < -0.3 is 14.5 Å². The Kier molecular flexibility index (Phi) is 4.42. The quantitative estimate of drug-likeness (QED) is 0.871. The summed E-state index contributed by atoms with van der Waals surface area (Å²) in [6, 6.07) is 4.13. The molecule has 1 aliphatic rings. The smallest absolute Gasteiger partial charge is 0.225 e. The van der Waals surface area contributed by atoms with Gasteiger partial charge in [-0.25, -0.2) is 0 Å². The molecule has 0 radical (unpaired) electrons. The maximum atomic E-state index is 11.9. The Hall–Kier alpha value is -1.29. The van der Waals surface area contributed by atoms with Crippen LogP contribution in [0.5, 0.6) is 0 Å². The van der Waals surface area contributed by atoms with E-state index in [0.29, 0.717) is 13.2 Å². The van der Waals surface area contributed by atoms with Crippen LogP contribution in [0.1, 0.15) is 31.3 Å². The fourth-order valence-corrected chi connectivity index (χ4v) is 2.15. The molecular formula is C14H21NO3. The molecule has 18 heavy (non-hydrogen) atoms. The number of rotatable bonds is 5. The molecule has 1 fully saturated rings. The lowest BCUT2D eigenvalue weighted by molar-refractivity contribution is -0.125. The third-order valence-corrected chi connectivity index (χ3v) is 3.31. The van der Waals surface area contributed by atoms with E-state index in [4.69, 9.17) is 9.15 Å². The van der Waals surface area contributed by atoms with Crippen LogP contribution in [0, 0.1) is 12.8 Å². The minimum Gasteiger partial charge on any atom is -0.466 e. The highest BCUT2D eigenvalue weighted by Crippen LogP contribution is 2.13. The first kappa shape index (κ1) is 13.1. The molecule has 100 valence electrons. The Bertz CT molecular complexity index is 393. The van der Waals surface area contributed by atoms with E-state index in [1.54, 1.807) is 0 Å². The zero-order valence-electron chi connectivity index (χ0n) is 11.1. The van der Waals surface area contributed by atoms with Gasteiger partial charge in [0.2, 0.25) is 5.91 Å². The summed E-state index contributed by atoms with van der Waals surface area (Å²) < 4.78 is 10.7. The van der Waals surface area contributed by atoms with Crippen LogP contribution in [-0.2, 0) is 16.0 Å². The second-order valence-corrected chi connectivity index (χ2v) is 5.02. The van der Waals surface area contributed by atoms with E-state index in [9.17, 15) is 4.79 Å². The van der Waals surface area contributed by atoms with Gasteiger partial charge in [-0.3, -0.25) is 4.79 Å². The second-order valence-electron chi connectivity index (χ2n) is 5.02. The zero-order chi connectivity index (χ0) is 13.0. The summed E-state index contributed by atoms with van der Waals surface area (Å²) in [6.45, 7) is 5.24. The van der Waals surface area contributed by atoms with Crippen molar-refractivity contribution in [2.24, 2.45) is 5.92 Å². The highest BCUT2D eigenvalue weighted by molar-refractivity contribution is 5.79. The van der Waals surface area contributed by atoms with Crippen molar-refractivity contribution in [1.82, 2.24) is 5.32 Å². The predicted octanol–water partition coefficient (Wildman–Crippen LogP) is 2.06. The topological polar surface area (TPSA) is 51.5 Å². The van der Waals surface area contributed by atoms with E-state index in [1.165, 1.54) is 0 Å². The van der Waals surface area contributed by atoms with Gasteiger partial charge in [-0.2, -0.15) is 0 Å². The van der Waals surface area contributed by atoms with Crippen molar-refractivity contribution in [2.75, 3.05) is 13.2 Å². The third kappa shape index (κ3) is 3.60. The van der Waals surface area contributed by atoms with Gasteiger partial charge in [-0.05, 0) is 38.8 Å². The van der Waals surface area contributed by atoms with Gasteiger partial charge in [0.1, 0.15) is 11.5 Å². The summed E-state index contributed by atoms with van der Waals surface area (Å²) in [4.78, 5) is 11.9. The highest BCUT2D eigenvalue weighted by atomic mass is 16.5. The monoisotopic (exact) mass is 251 g/mol. The Balaban J connectivity index is 1.71. The summed E-state index contributed by atoms with van der Waals surface area (Å²) in [7, 11) is 0. The molecule has 0 saturated carbocycles. The Morgan fingerprint density at radius 2 is 2.39 bits per heavy atom. The molecule has 2 rings (SSSR count). The van der Waals surface area contributed by atoms with Crippen LogP contribution in [0.25, 0.3) is 0 Å². The number of carbonyl (C=O) groups is 1. The molecule has 0 spiro atoms. The van der Waals surface area contributed by atoms with Crippen molar-refractivity contribution in [3.05, 3.63) is 23.7 Å².